The molecule has 1 fully saturated rings. The molecule has 3 rings (SSSR count). The fourth-order valence-electron chi connectivity index (χ4n) is 3.43. The van der Waals surface area contributed by atoms with Gasteiger partial charge in [-0.15, -0.1) is 0 Å². The zero-order valence-electron chi connectivity index (χ0n) is 15.0. The lowest BCUT2D eigenvalue weighted by atomic mass is 9.98. The number of aliphatic hydroxyl groups is 1. The van der Waals surface area contributed by atoms with E-state index in [2.05, 4.69) is 29.2 Å². The highest BCUT2D eigenvalue weighted by molar-refractivity contribution is 5.91. The third kappa shape index (κ3) is 4.10. The Hall–Kier alpha value is -2.15. The van der Waals surface area contributed by atoms with E-state index in [0.717, 1.165) is 49.8 Å². The maximum atomic E-state index is 12.6. The monoisotopic (exact) mass is 345 g/mol. The lowest BCUT2D eigenvalue weighted by Crippen LogP contribution is -2.35. The maximum absolute atomic E-state index is 12.6. The second kappa shape index (κ2) is 7.82. The van der Waals surface area contributed by atoms with Gasteiger partial charge in [-0.05, 0) is 51.5 Å². The van der Waals surface area contributed by atoms with Crippen LogP contribution in [-0.4, -0.2) is 50.5 Å². The molecule has 0 spiro atoms. The zero-order chi connectivity index (χ0) is 17.8. The average molecular weight is 345 g/mol. The van der Waals surface area contributed by atoms with Crippen molar-refractivity contribution in [3.8, 4) is 0 Å². The number of fused-ring (bicyclic) bond motifs is 1. The summed E-state index contributed by atoms with van der Waals surface area (Å²) in [6.07, 6.45) is 7.31. The number of hydrogen-bond acceptors (Lipinski definition) is 4. The number of pyridine rings is 1. The van der Waals surface area contributed by atoms with E-state index in [9.17, 15) is 4.79 Å². The molecule has 0 aliphatic carbocycles. The summed E-state index contributed by atoms with van der Waals surface area (Å²) in [4.78, 5) is 18.9. The van der Waals surface area contributed by atoms with E-state index in [4.69, 9.17) is 5.11 Å². The van der Waals surface area contributed by atoms with Crippen LogP contribution in [0.3, 0.4) is 0 Å². The van der Waals surface area contributed by atoms with E-state index in [-0.39, 0.29) is 18.7 Å². The van der Waals surface area contributed by atoms with Crippen molar-refractivity contribution < 1.29 is 9.90 Å². The Labute approximate surface area is 148 Å². The molecule has 0 aromatic carbocycles. The van der Waals surface area contributed by atoms with Crippen molar-refractivity contribution in [1.82, 2.24) is 19.7 Å². The Kier molecular flexibility index (Phi) is 5.53. The van der Waals surface area contributed by atoms with Crippen LogP contribution < -0.4 is 5.32 Å². The standard InChI is InChI=1S/C18H27N5O2/c1-13(2)23-17-15(11-20-23)10-16(12-19-17)21-18(25)22-7-3-4-14(5-8-22)6-9-24/h10-14,24H,3-9H2,1-2H3,(H,21,25). The highest BCUT2D eigenvalue weighted by Crippen LogP contribution is 2.22. The molecule has 1 aliphatic rings. The summed E-state index contributed by atoms with van der Waals surface area (Å²) in [5.41, 5.74) is 1.52. The Morgan fingerprint density at radius 3 is 2.96 bits per heavy atom. The van der Waals surface area contributed by atoms with Crippen molar-refractivity contribution in [3.63, 3.8) is 0 Å². The molecule has 1 unspecified atom stereocenters. The van der Waals surface area contributed by atoms with E-state index in [1.807, 2.05) is 15.6 Å². The summed E-state index contributed by atoms with van der Waals surface area (Å²) < 4.78 is 1.87. The highest BCUT2D eigenvalue weighted by atomic mass is 16.3. The first kappa shape index (κ1) is 17.7. The molecule has 1 atom stereocenters. The summed E-state index contributed by atoms with van der Waals surface area (Å²) in [6, 6.07) is 2.08. The van der Waals surface area contributed by atoms with Gasteiger partial charge in [0.1, 0.15) is 0 Å². The van der Waals surface area contributed by atoms with Crippen molar-refractivity contribution in [3.05, 3.63) is 18.5 Å². The number of nitrogens with zero attached hydrogens (tertiary/aromatic N) is 4. The number of aliphatic hydroxyl groups excluding tert-OH is 1. The van der Waals surface area contributed by atoms with Gasteiger partial charge < -0.3 is 15.3 Å². The van der Waals surface area contributed by atoms with E-state index in [1.165, 1.54) is 0 Å². The van der Waals surface area contributed by atoms with Gasteiger partial charge in [-0.25, -0.2) is 14.5 Å². The van der Waals surface area contributed by atoms with Gasteiger partial charge in [0.05, 0.1) is 18.1 Å². The Morgan fingerprint density at radius 1 is 1.36 bits per heavy atom. The van der Waals surface area contributed by atoms with Crippen molar-refractivity contribution in [2.24, 2.45) is 5.92 Å². The van der Waals surface area contributed by atoms with Crippen LogP contribution in [-0.2, 0) is 0 Å². The first-order valence-electron chi connectivity index (χ1n) is 9.08. The summed E-state index contributed by atoms with van der Waals surface area (Å²) in [5.74, 6) is 0.516. The Bertz CT molecular complexity index is 727. The minimum atomic E-state index is -0.0814. The average Bonchev–Trinajstić information content (AvgIpc) is 2.86. The molecule has 3 heterocycles. The van der Waals surface area contributed by atoms with Crippen LogP contribution in [0.25, 0.3) is 11.0 Å². The zero-order valence-corrected chi connectivity index (χ0v) is 15.0. The number of carbonyl (C=O) groups excluding carboxylic acids is 1. The Balaban J connectivity index is 1.65. The number of aromatic nitrogens is 3. The quantitative estimate of drug-likeness (QED) is 0.892. The lowest BCUT2D eigenvalue weighted by Gasteiger charge is -2.21. The number of likely N-dealkylation sites (tertiary alicyclic amines) is 1. The van der Waals surface area contributed by atoms with Gasteiger partial charge in [0.25, 0.3) is 0 Å². The van der Waals surface area contributed by atoms with Crippen molar-refractivity contribution in [1.29, 1.82) is 0 Å². The highest BCUT2D eigenvalue weighted by Gasteiger charge is 2.20. The fourth-order valence-corrected chi connectivity index (χ4v) is 3.43. The van der Waals surface area contributed by atoms with Crippen LogP contribution in [0, 0.1) is 5.92 Å². The second-order valence-electron chi connectivity index (χ2n) is 7.05. The predicted molar refractivity (Wildman–Crippen MR) is 97.5 cm³/mol. The molecule has 136 valence electrons. The molecular formula is C18H27N5O2. The summed E-state index contributed by atoms with van der Waals surface area (Å²) in [5, 5.41) is 17.3. The largest absolute Gasteiger partial charge is 0.396 e. The number of carbonyl (C=O) groups is 1. The van der Waals surface area contributed by atoms with Crippen molar-refractivity contribution in [2.75, 3.05) is 25.0 Å². The maximum Gasteiger partial charge on any atom is 0.321 e. The minimum absolute atomic E-state index is 0.0814. The first-order valence-corrected chi connectivity index (χ1v) is 9.08. The van der Waals surface area contributed by atoms with E-state index in [0.29, 0.717) is 11.6 Å². The lowest BCUT2D eigenvalue weighted by molar-refractivity contribution is 0.211. The van der Waals surface area contributed by atoms with Gasteiger partial charge in [0.15, 0.2) is 5.65 Å². The van der Waals surface area contributed by atoms with Crippen LogP contribution in [0.15, 0.2) is 18.5 Å². The van der Waals surface area contributed by atoms with Crippen molar-refractivity contribution >= 4 is 22.8 Å². The van der Waals surface area contributed by atoms with Gasteiger partial charge in [-0.3, -0.25) is 0 Å². The summed E-state index contributed by atoms with van der Waals surface area (Å²) >= 11 is 0. The van der Waals surface area contributed by atoms with Crippen LogP contribution in [0.4, 0.5) is 10.5 Å². The van der Waals surface area contributed by atoms with Crippen LogP contribution in [0.5, 0.6) is 0 Å². The molecule has 7 nitrogen and oxygen atoms in total. The molecular weight excluding hydrogens is 318 g/mol. The third-order valence-electron chi connectivity index (χ3n) is 4.85. The normalized spacial score (nSPS) is 18.6. The predicted octanol–water partition coefficient (Wildman–Crippen LogP) is 3.03. The minimum Gasteiger partial charge on any atom is -0.396 e. The van der Waals surface area contributed by atoms with Gasteiger partial charge in [-0.2, -0.15) is 5.10 Å². The van der Waals surface area contributed by atoms with Crippen LogP contribution in [0.2, 0.25) is 0 Å². The van der Waals surface area contributed by atoms with Crippen LogP contribution in [0.1, 0.15) is 45.6 Å². The van der Waals surface area contributed by atoms with Gasteiger partial charge in [-0.1, -0.05) is 0 Å². The number of hydrogen-bond donors (Lipinski definition) is 2. The molecule has 1 aliphatic heterocycles. The molecule has 0 bridgehead atoms. The molecule has 25 heavy (non-hydrogen) atoms. The van der Waals surface area contributed by atoms with Crippen LogP contribution >= 0.6 is 0 Å². The van der Waals surface area contributed by atoms with Gasteiger partial charge >= 0.3 is 6.03 Å². The molecule has 1 saturated heterocycles. The number of amides is 2. The third-order valence-corrected chi connectivity index (χ3v) is 4.85. The number of nitrogens with one attached hydrogen (secondary N) is 1. The number of rotatable bonds is 4. The Morgan fingerprint density at radius 2 is 2.20 bits per heavy atom. The van der Waals surface area contributed by atoms with Gasteiger partial charge in [0.2, 0.25) is 0 Å². The summed E-state index contributed by atoms with van der Waals surface area (Å²) in [7, 11) is 0. The van der Waals surface area contributed by atoms with E-state index < -0.39 is 0 Å². The molecule has 2 N–H and O–H groups in total. The molecule has 7 heteroatoms. The van der Waals surface area contributed by atoms with Crippen molar-refractivity contribution in [2.45, 2.75) is 45.6 Å². The fraction of sp³-hybridized carbons (Fsp3) is 0.611. The number of anilines is 1. The van der Waals surface area contributed by atoms with Gasteiger partial charge in [0, 0.05) is 31.1 Å². The molecule has 0 radical (unpaired) electrons. The smallest absolute Gasteiger partial charge is 0.321 e. The summed E-state index contributed by atoms with van der Waals surface area (Å²) in [6.45, 7) is 5.85. The molecule has 0 saturated carbocycles. The second-order valence-corrected chi connectivity index (χ2v) is 7.05. The van der Waals surface area contributed by atoms with E-state index >= 15 is 0 Å². The first-order chi connectivity index (χ1) is 12.1. The molecule has 2 aromatic heterocycles. The number of urea groups is 1. The SMILES string of the molecule is CC(C)n1ncc2cc(NC(=O)N3CCCC(CCO)CC3)cnc21. The van der Waals surface area contributed by atoms with E-state index in [1.54, 1.807) is 12.4 Å². The topological polar surface area (TPSA) is 83.3 Å². The molecule has 2 aromatic rings. The molecule has 2 amide bonds.